The number of hydrogen-bond acceptors (Lipinski definition) is 1. The predicted octanol–water partition coefficient (Wildman–Crippen LogP) is 4.04. The first kappa shape index (κ1) is 13.4. The summed E-state index contributed by atoms with van der Waals surface area (Å²) in [6.45, 7) is 4.43. The average molecular weight is 195 g/mol. The Hall–Kier alpha value is -0.590. The summed E-state index contributed by atoms with van der Waals surface area (Å²) < 4.78 is 0. The number of carbonyl (C=O) groups excluding carboxylic acids is 1. The zero-order valence-corrected chi connectivity index (χ0v) is 9.59. The van der Waals surface area contributed by atoms with Gasteiger partial charge < -0.3 is 0 Å². The van der Waals surface area contributed by atoms with E-state index in [0.29, 0.717) is 6.42 Å². The third-order valence-electron chi connectivity index (χ3n) is 2.45. The van der Waals surface area contributed by atoms with Crippen LogP contribution < -0.4 is 0 Å². The molecule has 1 radical (unpaired) electrons. The highest BCUT2D eigenvalue weighted by Gasteiger charge is 2.00. The fraction of sp³-hybridized carbons (Fsp3) is 0.769. The molecule has 1 unspecified atom stereocenters. The van der Waals surface area contributed by atoms with Crippen molar-refractivity contribution in [2.24, 2.45) is 5.92 Å². The van der Waals surface area contributed by atoms with Crippen molar-refractivity contribution in [2.45, 2.75) is 58.8 Å². The fourth-order valence-electron chi connectivity index (χ4n) is 1.54. The Morgan fingerprint density at radius 1 is 1.21 bits per heavy atom. The van der Waals surface area contributed by atoms with E-state index >= 15 is 0 Å². The lowest BCUT2D eigenvalue weighted by molar-refractivity contribution is 0.461. The molecule has 0 N–H and O–H groups in total. The molecule has 0 heterocycles. The zero-order valence-electron chi connectivity index (χ0n) is 9.59. The van der Waals surface area contributed by atoms with E-state index in [2.05, 4.69) is 26.0 Å². The SMILES string of the molecule is CC/C=C/CCCC(C)CCC[C]=O. The molecule has 0 spiro atoms. The smallest absolute Gasteiger partial charge is 0.198 e. The third kappa shape index (κ3) is 9.50. The van der Waals surface area contributed by atoms with E-state index in [1.54, 1.807) is 0 Å². The molecule has 1 atom stereocenters. The van der Waals surface area contributed by atoms with Crippen molar-refractivity contribution in [3.8, 4) is 0 Å². The molecule has 0 amide bonds. The minimum atomic E-state index is 0.611. The van der Waals surface area contributed by atoms with E-state index in [9.17, 15) is 4.79 Å². The summed E-state index contributed by atoms with van der Waals surface area (Å²) >= 11 is 0. The van der Waals surface area contributed by atoms with Crippen LogP contribution in [0, 0.1) is 5.92 Å². The van der Waals surface area contributed by atoms with Gasteiger partial charge in [0.05, 0.1) is 0 Å². The van der Waals surface area contributed by atoms with Crippen LogP contribution in [0.25, 0.3) is 0 Å². The van der Waals surface area contributed by atoms with Crippen molar-refractivity contribution in [2.75, 3.05) is 0 Å². The Balaban J connectivity index is 3.21. The number of unbranched alkanes of at least 4 members (excludes halogenated alkanes) is 2. The van der Waals surface area contributed by atoms with Gasteiger partial charge in [-0.25, -0.2) is 0 Å². The lowest BCUT2D eigenvalue weighted by Crippen LogP contribution is -1.94. The van der Waals surface area contributed by atoms with Gasteiger partial charge in [-0.1, -0.05) is 38.8 Å². The first-order chi connectivity index (χ1) is 6.81. The largest absolute Gasteiger partial charge is 0.291 e. The molecule has 1 heteroatoms. The van der Waals surface area contributed by atoms with Crippen molar-refractivity contribution in [3.63, 3.8) is 0 Å². The highest BCUT2D eigenvalue weighted by molar-refractivity contribution is 5.50. The molecule has 0 aromatic carbocycles. The third-order valence-corrected chi connectivity index (χ3v) is 2.45. The summed E-state index contributed by atoms with van der Waals surface area (Å²) in [4.78, 5) is 9.98. The molecule has 1 nitrogen and oxygen atoms in total. The summed E-state index contributed by atoms with van der Waals surface area (Å²) in [7, 11) is 0. The second-order valence-corrected chi connectivity index (χ2v) is 3.95. The van der Waals surface area contributed by atoms with E-state index in [-0.39, 0.29) is 0 Å². The normalized spacial score (nSPS) is 13.3. The highest BCUT2D eigenvalue weighted by atomic mass is 16.1. The first-order valence-electron chi connectivity index (χ1n) is 5.81. The molecule has 0 rings (SSSR count). The van der Waals surface area contributed by atoms with E-state index in [0.717, 1.165) is 18.8 Å². The first-order valence-corrected chi connectivity index (χ1v) is 5.81. The van der Waals surface area contributed by atoms with Gasteiger partial charge in [-0.15, -0.1) is 0 Å². The van der Waals surface area contributed by atoms with Gasteiger partial charge >= 0.3 is 0 Å². The maximum absolute atomic E-state index is 9.98. The Bertz CT molecular complexity index is 149. The van der Waals surface area contributed by atoms with Crippen molar-refractivity contribution < 1.29 is 4.79 Å². The Morgan fingerprint density at radius 2 is 1.93 bits per heavy atom. The van der Waals surface area contributed by atoms with Crippen LogP contribution in [0.3, 0.4) is 0 Å². The maximum Gasteiger partial charge on any atom is 0.198 e. The summed E-state index contributed by atoms with van der Waals surface area (Å²) in [6, 6.07) is 0. The predicted molar refractivity (Wildman–Crippen MR) is 62.0 cm³/mol. The average Bonchev–Trinajstić information content (AvgIpc) is 2.18. The molecule has 0 saturated heterocycles. The van der Waals surface area contributed by atoms with Crippen LogP contribution in [-0.2, 0) is 4.79 Å². The second-order valence-electron chi connectivity index (χ2n) is 3.95. The van der Waals surface area contributed by atoms with Crippen molar-refractivity contribution in [1.82, 2.24) is 0 Å². The lowest BCUT2D eigenvalue weighted by Gasteiger charge is -2.08. The van der Waals surface area contributed by atoms with Gasteiger partial charge in [-0.2, -0.15) is 0 Å². The molecule has 0 aliphatic rings. The van der Waals surface area contributed by atoms with E-state index in [1.165, 1.54) is 25.7 Å². The zero-order chi connectivity index (χ0) is 10.6. The van der Waals surface area contributed by atoms with Gasteiger partial charge in [0.2, 0.25) is 0 Å². The maximum atomic E-state index is 9.98. The van der Waals surface area contributed by atoms with Gasteiger partial charge in [-0.05, 0) is 31.6 Å². The van der Waals surface area contributed by atoms with Gasteiger partial charge in [0.15, 0.2) is 6.29 Å². The second kappa shape index (κ2) is 10.5. The van der Waals surface area contributed by atoms with Crippen LogP contribution in [0.2, 0.25) is 0 Å². The topological polar surface area (TPSA) is 17.1 Å². The molecule has 0 saturated carbocycles. The highest BCUT2D eigenvalue weighted by Crippen LogP contribution is 2.14. The van der Waals surface area contributed by atoms with Crippen molar-refractivity contribution >= 4 is 6.29 Å². The van der Waals surface area contributed by atoms with Gasteiger partial charge in [-0.3, -0.25) is 4.79 Å². The van der Waals surface area contributed by atoms with Crippen molar-refractivity contribution in [3.05, 3.63) is 12.2 Å². The van der Waals surface area contributed by atoms with Crippen LogP contribution in [-0.4, -0.2) is 6.29 Å². The van der Waals surface area contributed by atoms with Gasteiger partial charge in [0.1, 0.15) is 0 Å². The van der Waals surface area contributed by atoms with E-state index in [4.69, 9.17) is 0 Å². The van der Waals surface area contributed by atoms with Gasteiger partial charge in [0.25, 0.3) is 0 Å². The lowest BCUT2D eigenvalue weighted by atomic mass is 9.98. The van der Waals surface area contributed by atoms with Gasteiger partial charge in [0, 0.05) is 6.42 Å². The molecule has 0 aliphatic heterocycles. The molecular formula is C13H23O. The molecule has 0 aromatic heterocycles. The number of allylic oxidation sites excluding steroid dienone is 2. The molecule has 14 heavy (non-hydrogen) atoms. The number of rotatable bonds is 9. The monoisotopic (exact) mass is 195 g/mol. The molecule has 81 valence electrons. The summed E-state index contributed by atoms with van der Waals surface area (Å²) in [6.07, 6.45) is 14.2. The Kier molecular flexibility index (Phi) is 10.0. The molecule has 0 fully saturated rings. The minimum absolute atomic E-state index is 0.611. The van der Waals surface area contributed by atoms with E-state index < -0.39 is 0 Å². The Labute approximate surface area is 88.6 Å². The van der Waals surface area contributed by atoms with Crippen LogP contribution >= 0.6 is 0 Å². The van der Waals surface area contributed by atoms with Crippen LogP contribution in [0.5, 0.6) is 0 Å². The number of hydrogen-bond donors (Lipinski definition) is 0. The molecular weight excluding hydrogens is 172 g/mol. The summed E-state index contributed by atoms with van der Waals surface area (Å²) in [5, 5.41) is 0. The van der Waals surface area contributed by atoms with Crippen LogP contribution in [0.15, 0.2) is 12.2 Å². The minimum Gasteiger partial charge on any atom is -0.291 e. The molecule has 0 aliphatic carbocycles. The van der Waals surface area contributed by atoms with Crippen LogP contribution in [0.4, 0.5) is 0 Å². The summed E-state index contributed by atoms with van der Waals surface area (Å²) in [5.74, 6) is 0.762. The van der Waals surface area contributed by atoms with Crippen molar-refractivity contribution in [1.29, 1.82) is 0 Å². The standard InChI is InChI=1S/C13H23O/c1-3-4-5-6-7-10-13(2)11-8-9-12-14/h4-5,13H,3,6-11H2,1-2H3/b5-4+. The molecule has 0 bridgehead atoms. The fourth-order valence-corrected chi connectivity index (χ4v) is 1.54. The quantitative estimate of drug-likeness (QED) is 0.401. The Morgan fingerprint density at radius 3 is 2.57 bits per heavy atom. The van der Waals surface area contributed by atoms with E-state index in [1.807, 2.05) is 6.29 Å². The van der Waals surface area contributed by atoms with Crippen LogP contribution in [0.1, 0.15) is 58.8 Å². The molecule has 0 aromatic rings. The summed E-state index contributed by atoms with van der Waals surface area (Å²) in [5.41, 5.74) is 0.